The molecule has 3 rings (SSSR count). The van der Waals surface area contributed by atoms with E-state index in [1.54, 1.807) is 23.1 Å². The highest BCUT2D eigenvalue weighted by Crippen LogP contribution is 2.25. The van der Waals surface area contributed by atoms with Gasteiger partial charge in [0.2, 0.25) is 5.91 Å². The average molecular weight is 321 g/mol. The van der Waals surface area contributed by atoms with Gasteiger partial charge < -0.3 is 20.3 Å². The lowest BCUT2D eigenvalue weighted by Crippen LogP contribution is -2.59. The number of carbonyl (C=O) groups is 2. The van der Waals surface area contributed by atoms with Crippen LogP contribution in [0.5, 0.6) is 5.75 Å². The van der Waals surface area contributed by atoms with Gasteiger partial charge in [-0.15, -0.1) is 0 Å². The van der Waals surface area contributed by atoms with Crippen molar-refractivity contribution < 1.29 is 18.7 Å². The second kappa shape index (κ2) is 6.44. The molecular formula is C16H20FN3O3. The van der Waals surface area contributed by atoms with Crippen LogP contribution in [0.4, 0.5) is 9.18 Å². The largest absolute Gasteiger partial charge is 0.484 e. The molecule has 1 atom stereocenters. The summed E-state index contributed by atoms with van der Waals surface area (Å²) in [5.41, 5.74) is 5.28. The highest BCUT2D eigenvalue weighted by molar-refractivity contribution is 5.81. The van der Waals surface area contributed by atoms with Gasteiger partial charge in [0.15, 0.2) is 11.6 Å². The van der Waals surface area contributed by atoms with Gasteiger partial charge in [0.05, 0.1) is 19.0 Å². The Labute approximate surface area is 134 Å². The van der Waals surface area contributed by atoms with Crippen LogP contribution < -0.4 is 10.5 Å². The molecule has 2 fully saturated rings. The number of halogens is 1. The van der Waals surface area contributed by atoms with Crippen LogP contribution in [0.15, 0.2) is 24.3 Å². The molecular weight excluding hydrogens is 301 g/mol. The van der Waals surface area contributed by atoms with Gasteiger partial charge in [-0.3, -0.25) is 4.79 Å². The smallest absolute Gasteiger partial charge is 0.314 e. The van der Waals surface area contributed by atoms with Gasteiger partial charge in [0.25, 0.3) is 0 Å². The maximum Gasteiger partial charge on any atom is 0.314 e. The number of nitrogens with two attached hydrogens (primary N) is 1. The first-order valence-electron chi connectivity index (χ1n) is 7.79. The monoisotopic (exact) mass is 321 g/mol. The normalized spacial score (nSPS) is 21.7. The molecule has 0 spiro atoms. The van der Waals surface area contributed by atoms with Crippen LogP contribution in [0.2, 0.25) is 0 Å². The molecule has 2 aliphatic heterocycles. The summed E-state index contributed by atoms with van der Waals surface area (Å²) in [6.07, 6.45) is 1.35. The van der Waals surface area contributed by atoms with Crippen molar-refractivity contribution in [2.75, 3.05) is 26.2 Å². The van der Waals surface area contributed by atoms with Crippen molar-refractivity contribution in [1.29, 1.82) is 0 Å². The predicted octanol–water partition coefficient (Wildman–Crippen LogP) is 1.21. The van der Waals surface area contributed by atoms with E-state index in [9.17, 15) is 14.0 Å². The van der Waals surface area contributed by atoms with Crippen molar-refractivity contribution in [2.24, 2.45) is 11.7 Å². The zero-order valence-electron chi connectivity index (χ0n) is 12.8. The third kappa shape index (κ3) is 3.38. The number of rotatable bonds is 3. The molecule has 1 aromatic carbocycles. The summed E-state index contributed by atoms with van der Waals surface area (Å²) in [6, 6.07) is 5.75. The average Bonchev–Trinajstić information content (AvgIpc) is 2.51. The maximum atomic E-state index is 13.5. The number of carbonyl (C=O) groups excluding carboxylic acids is 2. The first-order chi connectivity index (χ1) is 11.0. The summed E-state index contributed by atoms with van der Waals surface area (Å²) >= 11 is 0. The molecule has 6 nitrogen and oxygen atoms in total. The molecule has 0 unspecified atom stereocenters. The van der Waals surface area contributed by atoms with Crippen LogP contribution in [-0.2, 0) is 4.79 Å². The lowest BCUT2D eigenvalue weighted by atomic mass is 9.95. The minimum atomic E-state index is -0.480. The summed E-state index contributed by atoms with van der Waals surface area (Å²) in [4.78, 5) is 26.9. The van der Waals surface area contributed by atoms with E-state index >= 15 is 0 Å². The van der Waals surface area contributed by atoms with Crippen LogP contribution >= 0.6 is 0 Å². The van der Waals surface area contributed by atoms with E-state index in [4.69, 9.17) is 10.5 Å². The highest BCUT2D eigenvalue weighted by Gasteiger charge is 2.38. The van der Waals surface area contributed by atoms with Gasteiger partial charge in [0.1, 0.15) is 6.10 Å². The molecule has 2 aliphatic rings. The topological polar surface area (TPSA) is 75.9 Å². The van der Waals surface area contributed by atoms with Crippen LogP contribution in [0.25, 0.3) is 0 Å². The van der Waals surface area contributed by atoms with E-state index < -0.39 is 11.8 Å². The molecule has 2 heterocycles. The Kier molecular flexibility index (Phi) is 4.36. The third-order valence-corrected chi connectivity index (χ3v) is 4.37. The summed E-state index contributed by atoms with van der Waals surface area (Å²) in [7, 11) is 0. The van der Waals surface area contributed by atoms with Crippen LogP contribution in [0.1, 0.15) is 12.8 Å². The van der Waals surface area contributed by atoms with E-state index in [1.807, 2.05) is 0 Å². The Morgan fingerprint density at radius 2 is 1.91 bits per heavy atom. The van der Waals surface area contributed by atoms with Gasteiger partial charge in [-0.25, -0.2) is 9.18 Å². The number of urea groups is 1. The van der Waals surface area contributed by atoms with Gasteiger partial charge in [-0.1, -0.05) is 12.1 Å². The molecule has 0 bridgehead atoms. The summed E-state index contributed by atoms with van der Waals surface area (Å²) in [6.45, 7) is 1.88. The number of piperidine rings is 1. The fourth-order valence-electron chi connectivity index (χ4n) is 3.05. The van der Waals surface area contributed by atoms with E-state index in [0.717, 1.165) is 12.8 Å². The van der Waals surface area contributed by atoms with Gasteiger partial charge in [0, 0.05) is 13.1 Å². The van der Waals surface area contributed by atoms with Gasteiger partial charge in [-0.2, -0.15) is 0 Å². The Morgan fingerprint density at radius 3 is 2.61 bits per heavy atom. The van der Waals surface area contributed by atoms with Crippen LogP contribution in [0.3, 0.4) is 0 Å². The van der Waals surface area contributed by atoms with E-state index in [1.165, 1.54) is 11.0 Å². The molecule has 124 valence electrons. The van der Waals surface area contributed by atoms with Gasteiger partial charge >= 0.3 is 6.03 Å². The fraction of sp³-hybridized carbons (Fsp3) is 0.500. The van der Waals surface area contributed by atoms with E-state index in [-0.39, 0.29) is 23.7 Å². The molecule has 0 aliphatic carbocycles. The van der Waals surface area contributed by atoms with Crippen LogP contribution in [0, 0.1) is 11.7 Å². The zero-order valence-corrected chi connectivity index (χ0v) is 12.8. The number of para-hydroxylation sites is 1. The Hall–Kier alpha value is -2.31. The zero-order chi connectivity index (χ0) is 16.4. The lowest BCUT2D eigenvalue weighted by Gasteiger charge is -2.42. The molecule has 23 heavy (non-hydrogen) atoms. The molecule has 3 amide bonds. The quantitative estimate of drug-likeness (QED) is 0.909. The van der Waals surface area contributed by atoms with Crippen LogP contribution in [-0.4, -0.2) is 54.0 Å². The third-order valence-electron chi connectivity index (χ3n) is 4.37. The second-order valence-corrected chi connectivity index (χ2v) is 6.04. The number of hydrogen-bond acceptors (Lipinski definition) is 3. The fourth-order valence-corrected chi connectivity index (χ4v) is 3.05. The van der Waals surface area contributed by atoms with Crippen molar-refractivity contribution in [2.45, 2.75) is 18.9 Å². The number of hydrogen-bond donors (Lipinski definition) is 1. The second-order valence-electron chi connectivity index (χ2n) is 6.04. The van der Waals surface area contributed by atoms with Gasteiger partial charge in [-0.05, 0) is 25.0 Å². The minimum absolute atomic E-state index is 0.0179. The molecule has 2 N–H and O–H groups in total. The number of likely N-dealkylation sites (tertiary alicyclic amines) is 2. The molecule has 2 saturated heterocycles. The standard InChI is InChI=1S/C16H20FN3O3/c17-13-5-1-2-6-14(13)23-12-9-20(10-12)15(21)11-4-3-7-19(8-11)16(18)22/h1-2,5-6,11-12H,3-4,7-10H2,(H2,18,22)/t11-/m0/s1. The summed E-state index contributed by atoms with van der Waals surface area (Å²) in [5.74, 6) is -0.376. The van der Waals surface area contributed by atoms with E-state index in [2.05, 4.69) is 0 Å². The number of ether oxygens (including phenoxy) is 1. The van der Waals surface area contributed by atoms with E-state index in [0.29, 0.717) is 26.2 Å². The Bertz CT molecular complexity index is 604. The molecule has 1 aromatic rings. The Balaban J connectivity index is 1.50. The first-order valence-corrected chi connectivity index (χ1v) is 7.79. The van der Waals surface area contributed by atoms with Crippen molar-refractivity contribution in [1.82, 2.24) is 9.80 Å². The van der Waals surface area contributed by atoms with Crippen molar-refractivity contribution in [3.63, 3.8) is 0 Å². The lowest BCUT2D eigenvalue weighted by molar-refractivity contribution is -0.145. The van der Waals surface area contributed by atoms with Crippen molar-refractivity contribution >= 4 is 11.9 Å². The predicted molar refractivity (Wildman–Crippen MR) is 81.3 cm³/mol. The first kappa shape index (κ1) is 15.6. The number of amides is 3. The Morgan fingerprint density at radius 1 is 1.17 bits per heavy atom. The van der Waals surface area contributed by atoms with Crippen molar-refractivity contribution in [3.05, 3.63) is 30.1 Å². The number of primary amides is 1. The molecule has 0 saturated carbocycles. The number of nitrogens with zero attached hydrogens (tertiary/aromatic N) is 2. The minimum Gasteiger partial charge on any atom is -0.484 e. The molecule has 0 aromatic heterocycles. The van der Waals surface area contributed by atoms with Crippen molar-refractivity contribution in [3.8, 4) is 5.75 Å². The maximum absolute atomic E-state index is 13.5. The summed E-state index contributed by atoms with van der Waals surface area (Å²) in [5, 5.41) is 0. The SMILES string of the molecule is NC(=O)N1CCC[C@H](C(=O)N2CC(Oc3ccccc3F)C2)C1. The summed E-state index contributed by atoms with van der Waals surface area (Å²) < 4.78 is 19.1. The number of benzene rings is 1. The highest BCUT2D eigenvalue weighted by atomic mass is 19.1. The molecule has 7 heteroatoms. The molecule has 0 radical (unpaired) electrons.